The third kappa shape index (κ3) is 6.43. The first-order chi connectivity index (χ1) is 14.1. The molecule has 1 fully saturated rings. The third-order valence-corrected chi connectivity index (χ3v) is 4.80. The highest BCUT2D eigenvalue weighted by Gasteiger charge is 2.18. The van der Waals surface area contributed by atoms with E-state index < -0.39 is 0 Å². The minimum Gasteiger partial charge on any atom is -0.354 e. The van der Waals surface area contributed by atoms with Crippen LogP contribution in [0.2, 0.25) is 0 Å². The lowest BCUT2D eigenvalue weighted by Gasteiger charge is -2.34. The standard InChI is InChI=1S/C22H27N5O2/c1-26-12-14-27(15-13-26)22-19(8-5-11-23-22)16-24-21(29)17-25-20(28)10-9-18-6-3-2-4-7-18/h2-11H,12-17H2,1H3,(H,24,29)(H,25,28)/b10-9+. The molecule has 7 heteroatoms. The number of anilines is 1. The van der Waals surface area contributed by atoms with Crippen LogP contribution in [0, 0.1) is 0 Å². The van der Waals surface area contributed by atoms with Gasteiger partial charge in [-0.15, -0.1) is 0 Å². The first-order valence-electron chi connectivity index (χ1n) is 9.77. The van der Waals surface area contributed by atoms with Crippen molar-refractivity contribution in [2.45, 2.75) is 6.54 Å². The van der Waals surface area contributed by atoms with Crippen LogP contribution < -0.4 is 15.5 Å². The van der Waals surface area contributed by atoms with Crippen LogP contribution in [0.4, 0.5) is 5.82 Å². The molecule has 0 spiro atoms. The summed E-state index contributed by atoms with van der Waals surface area (Å²) in [5.74, 6) is 0.374. The molecule has 1 aromatic carbocycles. The van der Waals surface area contributed by atoms with Gasteiger partial charge in [0.1, 0.15) is 5.82 Å². The van der Waals surface area contributed by atoms with Crippen LogP contribution in [0.5, 0.6) is 0 Å². The Morgan fingerprint density at radius 3 is 2.55 bits per heavy atom. The molecule has 1 saturated heterocycles. The molecule has 3 rings (SSSR count). The molecule has 2 amide bonds. The largest absolute Gasteiger partial charge is 0.354 e. The van der Waals surface area contributed by atoms with Gasteiger partial charge in [-0.2, -0.15) is 0 Å². The van der Waals surface area contributed by atoms with Gasteiger partial charge in [-0.05, 0) is 24.8 Å². The molecular weight excluding hydrogens is 366 g/mol. The first kappa shape index (κ1) is 20.5. The third-order valence-electron chi connectivity index (χ3n) is 4.80. The summed E-state index contributed by atoms with van der Waals surface area (Å²) in [7, 11) is 2.11. The number of benzene rings is 1. The van der Waals surface area contributed by atoms with Crippen molar-refractivity contribution in [3.05, 3.63) is 65.9 Å². The number of nitrogens with one attached hydrogen (secondary N) is 2. The Morgan fingerprint density at radius 1 is 1.03 bits per heavy atom. The van der Waals surface area contributed by atoms with Gasteiger partial charge in [0, 0.05) is 50.6 Å². The molecule has 1 aliphatic rings. The number of piperazine rings is 1. The van der Waals surface area contributed by atoms with Crippen molar-refractivity contribution in [1.29, 1.82) is 0 Å². The molecule has 1 aromatic heterocycles. The van der Waals surface area contributed by atoms with Crippen LogP contribution in [0.15, 0.2) is 54.7 Å². The summed E-state index contributed by atoms with van der Waals surface area (Å²) in [6.45, 7) is 4.12. The van der Waals surface area contributed by atoms with E-state index in [0.717, 1.165) is 43.1 Å². The molecule has 0 aliphatic carbocycles. The lowest BCUT2D eigenvalue weighted by Crippen LogP contribution is -2.45. The fraction of sp³-hybridized carbons (Fsp3) is 0.318. The SMILES string of the molecule is CN1CCN(c2ncccc2CNC(=O)CNC(=O)/C=C/c2ccccc2)CC1. The highest BCUT2D eigenvalue weighted by molar-refractivity contribution is 5.94. The number of carbonyl (C=O) groups excluding carboxylic acids is 2. The number of hydrogen-bond acceptors (Lipinski definition) is 5. The van der Waals surface area contributed by atoms with Crippen molar-refractivity contribution in [2.24, 2.45) is 0 Å². The van der Waals surface area contributed by atoms with E-state index in [1.165, 1.54) is 6.08 Å². The van der Waals surface area contributed by atoms with E-state index in [1.54, 1.807) is 12.3 Å². The Kier molecular flexibility index (Phi) is 7.35. The minimum absolute atomic E-state index is 0.0674. The second kappa shape index (κ2) is 10.4. The summed E-state index contributed by atoms with van der Waals surface area (Å²) >= 11 is 0. The Bertz CT molecular complexity index is 845. The topological polar surface area (TPSA) is 77.6 Å². The van der Waals surface area contributed by atoms with E-state index in [-0.39, 0.29) is 18.4 Å². The molecule has 2 heterocycles. The molecular formula is C22H27N5O2. The maximum Gasteiger partial charge on any atom is 0.244 e. The number of likely N-dealkylation sites (N-methyl/N-ethyl adjacent to an activating group) is 1. The number of nitrogens with zero attached hydrogens (tertiary/aromatic N) is 3. The molecule has 0 unspecified atom stereocenters. The van der Waals surface area contributed by atoms with Crippen LogP contribution >= 0.6 is 0 Å². The van der Waals surface area contributed by atoms with Gasteiger partial charge in [-0.3, -0.25) is 9.59 Å². The number of carbonyl (C=O) groups is 2. The van der Waals surface area contributed by atoms with Gasteiger partial charge in [-0.1, -0.05) is 36.4 Å². The molecule has 7 nitrogen and oxygen atoms in total. The normalized spacial score (nSPS) is 14.7. The molecule has 0 atom stereocenters. The zero-order valence-corrected chi connectivity index (χ0v) is 16.7. The van der Waals surface area contributed by atoms with Gasteiger partial charge >= 0.3 is 0 Å². The van der Waals surface area contributed by atoms with Gasteiger partial charge in [0.2, 0.25) is 11.8 Å². The van der Waals surface area contributed by atoms with E-state index in [4.69, 9.17) is 0 Å². The molecule has 2 aromatic rings. The smallest absolute Gasteiger partial charge is 0.244 e. The van der Waals surface area contributed by atoms with E-state index in [2.05, 4.69) is 32.5 Å². The van der Waals surface area contributed by atoms with Crippen LogP contribution in [0.25, 0.3) is 6.08 Å². The predicted octanol–water partition coefficient (Wildman–Crippen LogP) is 1.28. The second-order valence-electron chi connectivity index (χ2n) is 7.02. The highest BCUT2D eigenvalue weighted by Crippen LogP contribution is 2.18. The van der Waals surface area contributed by atoms with Gasteiger partial charge < -0.3 is 20.4 Å². The number of rotatable bonds is 7. The average molecular weight is 393 g/mol. The molecule has 2 N–H and O–H groups in total. The zero-order chi connectivity index (χ0) is 20.5. The summed E-state index contributed by atoms with van der Waals surface area (Å²) in [6, 6.07) is 13.4. The van der Waals surface area contributed by atoms with Crippen molar-refractivity contribution in [3.8, 4) is 0 Å². The summed E-state index contributed by atoms with van der Waals surface area (Å²) in [4.78, 5) is 33.1. The van der Waals surface area contributed by atoms with Gasteiger partial charge in [-0.25, -0.2) is 4.98 Å². The van der Waals surface area contributed by atoms with Crippen molar-refractivity contribution in [3.63, 3.8) is 0 Å². The molecule has 0 saturated carbocycles. The predicted molar refractivity (Wildman–Crippen MR) is 114 cm³/mol. The maximum atomic E-state index is 12.1. The van der Waals surface area contributed by atoms with Crippen LogP contribution in [-0.4, -0.2) is 61.5 Å². The number of hydrogen-bond donors (Lipinski definition) is 2. The Morgan fingerprint density at radius 2 is 1.79 bits per heavy atom. The van der Waals surface area contributed by atoms with Gasteiger partial charge in [0.15, 0.2) is 0 Å². The van der Waals surface area contributed by atoms with E-state index >= 15 is 0 Å². The summed E-state index contributed by atoms with van der Waals surface area (Å²) in [6.07, 6.45) is 4.92. The fourth-order valence-corrected chi connectivity index (χ4v) is 3.09. The summed E-state index contributed by atoms with van der Waals surface area (Å²) in [5.41, 5.74) is 1.90. The van der Waals surface area contributed by atoms with E-state index in [1.807, 2.05) is 42.5 Å². The number of aromatic nitrogens is 1. The Labute approximate surface area is 171 Å². The van der Waals surface area contributed by atoms with Gasteiger partial charge in [0.25, 0.3) is 0 Å². The molecule has 29 heavy (non-hydrogen) atoms. The highest BCUT2D eigenvalue weighted by atomic mass is 16.2. The van der Waals surface area contributed by atoms with Crippen molar-refractivity contribution < 1.29 is 9.59 Å². The van der Waals surface area contributed by atoms with E-state index in [0.29, 0.717) is 6.54 Å². The van der Waals surface area contributed by atoms with Gasteiger partial charge in [0.05, 0.1) is 6.54 Å². The lowest BCUT2D eigenvalue weighted by molar-refractivity contribution is -0.124. The van der Waals surface area contributed by atoms with Crippen molar-refractivity contribution in [2.75, 3.05) is 44.7 Å². The number of amides is 2. The Balaban J connectivity index is 1.46. The molecule has 0 bridgehead atoms. The molecule has 0 radical (unpaired) electrons. The van der Waals surface area contributed by atoms with Crippen LogP contribution in [0.3, 0.4) is 0 Å². The molecule has 152 valence electrons. The average Bonchev–Trinajstić information content (AvgIpc) is 2.76. The number of pyridine rings is 1. The lowest BCUT2D eigenvalue weighted by atomic mass is 10.2. The quantitative estimate of drug-likeness (QED) is 0.693. The van der Waals surface area contributed by atoms with E-state index in [9.17, 15) is 9.59 Å². The second-order valence-corrected chi connectivity index (χ2v) is 7.02. The summed E-state index contributed by atoms with van der Waals surface area (Å²) < 4.78 is 0. The monoisotopic (exact) mass is 393 g/mol. The minimum atomic E-state index is -0.302. The maximum absolute atomic E-state index is 12.1. The molecule has 1 aliphatic heterocycles. The first-order valence-corrected chi connectivity index (χ1v) is 9.77. The van der Waals surface area contributed by atoms with Crippen molar-refractivity contribution in [1.82, 2.24) is 20.5 Å². The van der Waals surface area contributed by atoms with Crippen LogP contribution in [-0.2, 0) is 16.1 Å². The zero-order valence-electron chi connectivity index (χ0n) is 16.7. The summed E-state index contributed by atoms with van der Waals surface area (Å²) in [5, 5.41) is 5.46. The fourth-order valence-electron chi connectivity index (χ4n) is 3.09. The Hall–Kier alpha value is -3.19. The van der Waals surface area contributed by atoms with Crippen LogP contribution in [0.1, 0.15) is 11.1 Å². The van der Waals surface area contributed by atoms with Crippen molar-refractivity contribution >= 4 is 23.7 Å².